The van der Waals surface area contributed by atoms with Crippen molar-refractivity contribution in [1.29, 1.82) is 0 Å². The summed E-state index contributed by atoms with van der Waals surface area (Å²) in [5.74, 6) is -0.406. The Morgan fingerprint density at radius 2 is 1.65 bits per heavy atom. The molecular weight excluding hydrogens is 323 g/mol. The normalized spacial score (nSPS) is 15.6. The monoisotopic (exact) mass is 334 g/mol. The summed E-state index contributed by atoms with van der Waals surface area (Å²) < 4.78 is 0. The molecule has 1 aromatic carbocycles. The first-order chi connectivity index (χ1) is 9.49. The lowest BCUT2D eigenvalue weighted by atomic mass is 10.2. The minimum absolute atomic E-state index is 0.0899. The van der Waals surface area contributed by atoms with Crippen LogP contribution in [0.1, 0.15) is 10.4 Å². The highest BCUT2D eigenvalue weighted by Gasteiger charge is 2.27. The predicted octanol–water partition coefficient (Wildman–Crippen LogP) is 2.43. The van der Waals surface area contributed by atoms with Gasteiger partial charge < -0.3 is 9.80 Å². The van der Waals surface area contributed by atoms with Crippen molar-refractivity contribution in [3.05, 3.63) is 34.9 Å². The topological polar surface area (TPSA) is 40.6 Å². The molecule has 0 aromatic heterocycles. The van der Waals surface area contributed by atoms with E-state index in [1.54, 1.807) is 34.1 Å². The van der Waals surface area contributed by atoms with E-state index in [2.05, 4.69) is 0 Å². The van der Waals surface area contributed by atoms with Crippen molar-refractivity contribution in [2.75, 3.05) is 26.2 Å². The lowest BCUT2D eigenvalue weighted by molar-refractivity contribution is -0.130. The maximum atomic E-state index is 12.3. The number of nitrogens with zero attached hydrogens (tertiary/aromatic N) is 2. The van der Waals surface area contributed by atoms with E-state index >= 15 is 0 Å². The van der Waals surface area contributed by atoms with Gasteiger partial charge in [0.05, 0.1) is 0 Å². The standard InChI is InChI=1S/C13H13Cl3N2O2/c14-10-3-1-2-9(8-10)12(19)17-4-6-18(7-5-17)13(20)11(15)16/h1-3,8,11H,4-7H2. The van der Waals surface area contributed by atoms with Crippen molar-refractivity contribution in [3.63, 3.8) is 0 Å². The number of halogens is 3. The van der Waals surface area contributed by atoms with Crippen LogP contribution in [0.15, 0.2) is 24.3 Å². The van der Waals surface area contributed by atoms with Crippen molar-refractivity contribution in [1.82, 2.24) is 9.80 Å². The fourth-order valence-corrected chi connectivity index (χ4v) is 2.54. The third kappa shape index (κ3) is 3.57. The highest BCUT2D eigenvalue weighted by molar-refractivity contribution is 6.53. The van der Waals surface area contributed by atoms with Crippen molar-refractivity contribution in [2.24, 2.45) is 0 Å². The number of alkyl halides is 2. The Morgan fingerprint density at radius 1 is 1.05 bits per heavy atom. The van der Waals surface area contributed by atoms with Gasteiger partial charge in [-0.2, -0.15) is 0 Å². The van der Waals surface area contributed by atoms with Crippen LogP contribution in [-0.4, -0.2) is 52.6 Å². The molecule has 0 radical (unpaired) electrons. The second-order valence-corrected chi connectivity index (χ2v) is 5.96. The first-order valence-corrected chi connectivity index (χ1v) is 7.36. The Morgan fingerprint density at radius 3 is 2.20 bits per heavy atom. The van der Waals surface area contributed by atoms with Crippen LogP contribution in [0.4, 0.5) is 0 Å². The molecule has 1 fully saturated rings. The van der Waals surface area contributed by atoms with E-state index in [0.29, 0.717) is 36.8 Å². The molecule has 2 rings (SSSR count). The molecule has 0 N–H and O–H groups in total. The molecule has 0 unspecified atom stereocenters. The quantitative estimate of drug-likeness (QED) is 0.779. The van der Waals surface area contributed by atoms with Crippen LogP contribution in [0.2, 0.25) is 5.02 Å². The van der Waals surface area contributed by atoms with E-state index in [1.165, 1.54) is 0 Å². The van der Waals surface area contributed by atoms with Crippen molar-refractivity contribution < 1.29 is 9.59 Å². The van der Waals surface area contributed by atoms with Gasteiger partial charge in [-0.3, -0.25) is 9.59 Å². The Hall–Kier alpha value is -0.970. The Labute approximate surface area is 132 Å². The summed E-state index contributed by atoms with van der Waals surface area (Å²) in [4.78, 5) is 26.1. The maximum Gasteiger partial charge on any atom is 0.255 e. The number of carbonyl (C=O) groups excluding carboxylic acids is 2. The van der Waals surface area contributed by atoms with Crippen molar-refractivity contribution >= 4 is 46.6 Å². The van der Waals surface area contributed by atoms with Crippen LogP contribution < -0.4 is 0 Å². The van der Waals surface area contributed by atoms with E-state index in [1.807, 2.05) is 0 Å². The van der Waals surface area contributed by atoms with E-state index in [0.717, 1.165) is 0 Å². The number of carbonyl (C=O) groups is 2. The summed E-state index contributed by atoms with van der Waals surface area (Å²) >= 11 is 17.0. The van der Waals surface area contributed by atoms with E-state index in [4.69, 9.17) is 34.8 Å². The molecule has 2 amide bonds. The molecule has 1 aromatic rings. The molecule has 0 bridgehead atoms. The number of benzene rings is 1. The average Bonchev–Trinajstić information content (AvgIpc) is 2.46. The molecule has 1 heterocycles. The predicted molar refractivity (Wildman–Crippen MR) is 79.4 cm³/mol. The van der Waals surface area contributed by atoms with Crippen LogP contribution in [-0.2, 0) is 4.79 Å². The smallest absolute Gasteiger partial charge is 0.255 e. The number of piperazine rings is 1. The zero-order valence-corrected chi connectivity index (χ0v) is 12.8. The van der Waals surface area contributed by atoms with Gasteiger partial charge in [0.15, 0.2) is 4.84 Å². The van der Waals surface area contributed by atoms with Crippen LogP contribution in [0.5, 0.6) is 0 Å². The zero-order valence-electron chi connectivity index (χ0n) is 10.6. The third-order valence-corrected chi connectivity index (χ3v) is 3.75. The zero-order chi connectivity index (χ0) is 14.7. The first kappa shape index (κ1) is 15.4. The van der Waals surface area contributed by atoms with Crippen molar-refractivity contribution in [2.45, 2.75) is 4.84 Å². The molecule has 0 spiro atoms. The Balaban J connectivity index is 1.97. The van der Waals surface area contributed by atoms with Gasteiger partial charge in [-0.25, -0.2) is 0 Å². The minimum Gasteiger partial charge on any atom is -0.337 e. The molecule has 0 atom stereocenters. The van der Waals surface area contributed by atoms with Crippen LogP contribution in [0.25, 0.3) is 0 Å². The highest BCUT2D eigenvalue weighted by Crippen LogP contribution is 2.15. The lowest BCUT2D eigenvalue weighted by Crippen LogP contribution is -2.51. The molecule has 0 saturated carbocycles. The summed E-state index contributed by atoms with van der Waals surface area (Å²) in [6, 6.07) is 6.81. The fraction of sp³-hybridized carbons (Fsp3) is 0.385. The van der Waals surface area contributed by atoms with Gasteiger partial charge in [-0.15, -0.1) is 0 Å². The SMILES string of the molecule is O=C(c1cccc(Cl)c1)N1CCN(C(=O)C(Cl)Cl)CC1. The summed E-state index contributed by atoms with van der Waals surface area (Å²) in [7, 11) is 0. The van der Waals surface area contributed by atoms with Gasteiger partial charge in [0.2, 0.25) is 0 Å². The van der Waals surface area contributed by atoms with Crippen LogP contribution in [0.3, 0.4) is 0 Å². The molecule has 1 aliphatic heterocycles. The first-order valence-electron chi connectivity index (χ1n) is 6.11. The fourth-order valence-electron chi connectivity index (χ4n) is 2.07. The number of rotatable bonds is 2. The maximum absolute atomic E-state index is 12.3. The van der Waals surface area contributed by atoms with E-state index in [-0.39, 0.29) is 11.8 Å². The molecule has 4 nitrogen and oxygen atoms in total. The summed E-state index contributed by atoms with van der Waals surface area (Å²) in [6.07, 6.45) is 0. The van der Waals surface area contributed by atoms with Crippen molar-refractivity contribution in [3.8, 4) is 0 Å². The number of amides is 2. The Bertz CT molecular complexity index is 514. The molecule has 1 aliphatic rings. The van der Waals surface area contributed by atoms with Gasteiger partial charge in [-0.1, -0.05) is 40.9 Å². The average molecular weight is 336 g/mol. The van der Waals surface area contributed by atoms with Gasteiger partial charge in [-0.05, 0) is 18.2 Å². The second-order valence-electron chi connectivity index (χ2n) is 4.43. The number of hydrogen-bond acceptors (Lipinski definition) is 2. The highest BCUT2D eigenvalue weighted by atomic mass is 35.5. The van der Waals surface area contributed by atoms with Crippen LogP contribution >= 0.6 is 34.8 Å². The molecule has 108 valence electrons. The van der Waals surface area contributed by atoms with Crippen LogP contribution in [0, 0.1) is 0 Å². The van der Waals surface area contributed by atoms with Gasteiger partial charge >= 0.3 is 0 Å². The van der Waals surface area contributed by atoms with Gasteiger partial charge in [0.1, 0.15) is 0 Å². The van der Waals surface area contributed by atoms with Gasteiger partial charge in [0, 0.05) is 36.8 Å². The molecule has 0 aliphatic carbocycles. The molecule has 1 saturated heterocycles. The lowest BCUT2D eigenvalue weighted by Gasteiger charge is -2.35. The second kappa shape index (κ2) is 6.66. The summed E-state index contributed by atoms with van der Waals surface area (Å²) in [5, 5.41) is 0.525. The summed E-state index contributed by atoms with van der Waals surface area (Å²) in [6.45, 7) is 1.78. The van der Waals surface area contributed by atoms with E-state index < -0.39 is 4.84 Å². The van der Waals surface area contributed by atoms with E-state index in [9.17, 15) is 9.59 Å². The van der Waals surface area contributed by atoms with Gasteiger partial charge in [0.25, 0.3) is 11.8 Å². The Kier molecular flexibility index (Phi) is 5.13. The minimum atomic E-state index is -1.05. The third-order valence-electron chi connectivity index (χ3n) is 3.14. The number of hydrogen-bond donors (Lipinski definition) is 0. The molecular formula is C13H13Cl3N2O2. The summed E-state index contributed by atoms with van der Waals surface area (Å²) in [5.41, 5.74) is 0.546. The molecule has 20 heavy (non-hydrogen) atoms. The molecule has 7 heteroatoms. The largest absolute Gasteiger partial charge is 0.337 e.